The minimum absolute atomic E-state index is 0.0512. The Morgan fingerprint density at radius 2 is 1.50 bits per heavy atom. The van der Waals surface area contributed by atoms with Crippen LogP contribution < -0.4 is 20.3 Å². The molecule has 4 amide bonds. The molecule has 5 aromatic carbocycles. The molecule has 4 aliphatic heterocycles. The summed E-state index contributed by atoms with van der Waals surface area (Å²) in [5, 5.41) is 17.3. The third-order valence-electron chi connectivity index (χ3n) is 22.4. The van der Waals surface area contributed by atoms with E-state index in [9.17, 15) is 54.3 Å². The lowest BCUT2D eigenvalue weighted by molar-refractivity contribution is -0.145. The first-order valence-electron chi connectivity index (χ1n) is 36.9. The van der Waals surface area contributed by atoms with E-state index in [-0.39, 0.29) is 59.9 Å². The Bertz CT molecular complexity index is 4400. The number of aromatic nitrogens is 1. The number of carbonyl (C=O) groups is 4. The number of alkyl halides is 3. The molecule has 2 aliphatic carbocycles. The van der Waals surface area contributed by atoms with Crippen molar-refractivity contribution in [1.29, 1.82) is 0 Å². The molecule has 4 N–H and O–H groups in total. The number of nitrogens with zero attached hydrogens (tertiary/aromatic N) is 6. The molecule has 6 aromatic rings. The molecule has 4 saturated heterocycles. The van der Waals surface area contributed by atoms with Crippen LogP contribution in [0.1, 0.15) is 144 Å². The Morgan fingerprint density at radius 1 is 0.802 bits per heavy atom. The van der Waals surface area contributed by atoms with Crippen molar-refractivity contribution in [3.8, 4) is 10.4 Å². The molecule has 1 aromatic heterocycles. The summed E-state index contributed by atoms with van der Waals surface area (Å²) in [5.74, 6) is -1.45. The molecule has 1 spiro atoms. The summed E-state index contributed by atoms with van der Waals surface area (Å²) < 4.78 is 116. The topological polar surface area (TPSA) is 222 Å². The minimum atomic E-state index is -6.17. The number of likely N-dealkylation sites (tertiary alicyclic amines) is 3. The number of halogens is 5. The maximum absolute atomic E-state index is 15.2. The zero-order chi connectivity index (χ0) is 75.5. The normalized spacial score (nSPS) is 20.9. The predicted molar refractivity (Wildman–Crippen MR) is 408 cm³/mol. The van der Waals surface area contributed by atoms with Crippen molar-refractivity contribution >= 4 is 95.1 Å². The number of unbranched alkanes of at least 4 members (excludes halogenated alkanes) is 3. The average Bonchev–Trinajstić information content (AvgIpc) is 1.04. The average molecular weight is 1560 g/mol. The second-order valence-corrected chi connectivity index (χ2v) is 36.9. The van der Waals surface area contributed by atoms with Gasteiger partial charge in [0.05, 0.1) is 38.8 Å². The van der Waals surface area contributed by atoms with Gasteiger partial charge in [0.2, 0.25) is 17.7 Å². The molecule has 0 radical (unpaired) electrons. The third-order valence-corrected chi connectivity index (χ3v) is 27.6. The monoisotopic (exact) mass is 1550 g/mol. The lowest BCUT2D eigenvalue weighted by Crippen LogP contribution is -2.50. The lowest BCUT2D eigenvalue weighted by atomic mass is 9.76. The molecule has 0 bridgehead atoms. The molecule has 6 aliphatic rings. The highest BCUT2D eigenvalue weighted by Crippen LogP contribution is 2.59. The summed E-state index contributed by atoms with van der Waals surface area (Å²) >= 11 is 9.10. The minimum Gasteiger partial charge on any atom is -0.391 e. The van der Waals surface area contributed by atoms with Crippen LogP contribution in [0.2, 0.25) is 5.02 Å². The van der Waals surface area contributed by atoms with Crippen LogP contribution in [0.4, 0.5) is 28.9 Å². The summed E-state index contributed by atoms with van der Waals surface area (Å²) in [7, 11) is -11.1. The second-order valence-electron chi connectivity index (χ2n) is 31.0. The van der Waals surface area contributed by atoms with E-state index in [1.807, 2.05) is 104 Å². The zero-order valence-corrected chi connectivity index (χ0v) is 64.7. The van der Waals surface area contributed by atoms with Gasteiger partial charge in [-0.3, -0.25) is 24.1 Å². The summed E-state index contributed by atoms with van der Waals surface area (Å²) in [6, 6.07) is 29.1. The van der Waals surface area contributed by atoms with Crippen LogP contribution in [0.25, 0.3) is 16.0 Å². The van der Waals surface area contributed by atoms with E-state index in [4.69, 9.17) is 11.6 Å². The molecule has 7 atom stereocenters. The number of thioether (sulfide) groups is 1. The van der Waals surface area contributed by atoms with E-state index in [0.29, 0.717) is 99.3 Å². The maximum Gasteiger partial charge on any atom is 0.501 e. The number of β-amino-alcohol motifs (C(OH)–C–C–N with tert-alkyl or cyclic N) is 1. The summed E-state index contributed by atoms with van der Waals surface area (Å²) in [4.78, 5) is 70.0. The van der Waals surface area contributed by atoms with E-state index in [2.05, 4.69) is 30.3 Å². The SMILES string of the molecule is Cc1ncsc1-c1ccc([C@H](C)NC(=O)C2CC(O)CN2C(=O)[C@@H](CCCCCCC(=O)N2CC3CN(CC[C@H](CSc4ccccc4)Nc4ccc(S(=O)(=O)NC(=O)c5ccc(N6CCN(CC7=C(c8ccc(Cl)cc8F)CCC8(CC8)C7)CC6)cc5)cc4S(=O)(=O)C(F)(F)F)CC3C2)C(C)(C)C)cc1. The first-order chi connectivity index (χ1) is 50.4. The van der Waals surface area contributed by atoms with Gasteiger partial charge >= 0.3 is 5.51 Å². The van der Waals surface area contributed by atoms with Gasteiger partial charge in [0.15, 0.2) is 0 Å². The molecular formula is C79H96ClF4N9O9S4. The fourth-order valence-electron chi connectivity index (χ4n) is 16.1. The highest BCUT2D eigenvalue weighted by atomic mass is 35.5. The highest BCUT2D eigenvalue weighted by Gasteiger charge is 2.50. The molecule has 570 valence electrons. The molecule has 27 heteroatoms. The van der Waals surface area contributed by atoms with Gasteiger partial charge < -0.3 is 35.3 Å². The second kappa shape index (κ2) is 33.1. The Kier molecular flexibility index (Phi) is 24.6. The number of hydrogen-bond acceptors (Lipinski definition) is 16. The fourth-order valence-corrected chi connectivity index (χ4v) is 20.1. The van der Waals surface area contributed by atoms with Crippen LogP contribution in [0.15, 0.2) is 141 Å². The van der Waals surface area contributed by atoms with E-state index in [0.717, 1.165) is 108 Å². The number of nitrogens with one attached hydrogen (secondary N) is 3. The zero-order valence-electron chi connectivity index (χ0n) is 60.7. The van der Waals surface area contributed by atoms with Crippen LogP contribution in [0.5, 0.6) is 0 Å². The number of aliphatic hydroxyl groups is 1. The van der Waals surface area contributed by atoms with Gasteiger partial charge in [-0.05, 0) is 171 Å². The smallest absolute Gasteiger partial charge is 0.391 e. The van der Waals surface area contributed by atoms with Crippen molar-refractivity contribution in [3.63, 3.8) is 0 Å². The number of allylic oxidation sites excluding steroid dienone is 1. The number of amides is 4. The van der Waals surface area contributed by atoms with E-state index in [1.165, 1.54) is 48.4 Å². The maximum atomic E-state index is 15.2. The predicted octanol–water partition coefficient (Wildman–Crippen LogP) is 14.1. The van der Waals surface area contributed by atoms with Crippen molar-refractivity contribution < 1.29 is 58.7 Å². The Hall–Kier alpha value is -6.91. The van der Waals surface area contributed by atoms with Crippen LogP contribution in [-0.4, -0.2) is 172 Å². The molecule has 5 heterocycles. The highest BCUT2D eigenvalue weighted by molar-refractivity contribution is 7.99. The van der Waals surface area contributed by atoms with Crippen LogP contribution >= 0.6 is 34.7 Å². The number of fused-ring (bicyclic) bond motifs is 1. The Balaban J connectivity index is 0.608. The van der Waals surface area contributed by atoms with Gasteiger partial charge in [-0.15, -0.1) is 23.1 Å². The van der Waals surface area contributed by atoms with Crippen molar-refractivity contribution in [3.05, 3.63) is 160 Å². The summed E-state index contributed by atoms with van der Waals surface area (Å²) in [6.45, 7) is 16.5. The number of rotatable bonds is 28. The quantitative estimate of drug-likeness (QED) is 0.0204. The van der Waals surface area contributed by atoms with Crippen molar-refractivity contribution in [2.45, 2.75) is 163 Å². The van der Waals surface area contributed by atoms with Gasteiger partial charge in [-0.2, -0.15) is 13.2 Å². The number of sulfonamides is 1. The summed E-state index contributed by atoms with van der Waals surface area (Å²) in [5.41, 5.74) is 2.05. The number of carbonyl (C=O) groups excluding carboxylic acids is 4. The number of sulfone groups is 1. The van der Waals surface area contributed by atoms with Gasteiger partial charge in [0.1, 0.15) is 16.8 Å². The number of anilines is 2. The van der Waals surface area contributed by atoms with Crippen molar-refractivity contribution in [1.82, 2.24) is 34.6 Å². The first-order valence-corrected chi connectivity index (χ1v) is 42.1. The van der Waals surface area contributed by atoms with Crippen LogP contribution in [0.3, 0.4) is 0 Å². The number of piperazine rings is 1. The first kappa shape index (κ1) is 78.7. The van der Waals surface area contributed by atoms with Crippen molar-refractivity contribution in [2.75, 3.05) is 88.0 Å². The van der Waals surface area contributed by atoms with Crippen LogP contribution in [0, 0.1) is 41.3 Å². The molecule has 106 heavy (non-hydrogen) atoms. The van der Waals surface area contributed by atoms with Gasteiger partial charge in [0, 0.05) is 129 Å². The standard InChI is InChI=1S/C79H96ClF4N9O9S4/c1-51(53-17-19-54(20-18-53)73-52(2)85-50-104-73)86-75(97)70-40-62(94)48-93(70)76(98)67(77(3,4)5)15-11-6-7-12-16-72(95)92-46-57-44-90(45-58(57)47-92)34-30-60(49-103-63-13-9-8-10-14-63)87-69-28-26-64(41-71(69)105(99,100)79(82,83)84)106(101,102)88-74(96)55-21-24-61(25-22-55)91-37-35-89(36-38-91)43-56-42-78(32-33-78)31-29-65(56)66-27-23-59(80)39-68(66)81/h8-10,13-14,17-28,39,41,50-51,57-58,60,62,67,70,87,94H,6-7,11-12,15-16,29-38,40,42-49H2,1-5H3,(H,86,97)(H,88,96)/t51-,57?,58?,60+,62?,67+,70?/m0/s1. The van der Waals surface area contributed by atoms with Gasteiger partial charge in [-0.25, -0.2) is 30.9 Å². The van der Waals surface area contributed by atoms with Gasteiger partial charge in [0.25, 0.3) is 25.8 Å². The van der Waals surface area contributed by atoms with E-state index >= 15 is 4.39 Å². The molecule has 5 fully saturated rings. The van der Waals surface area contributed by atoms with Crippen LogP contribution in [-0.2, 0) is 34.2 Å². The number of aryl methyl sites for hydroxylation is 1. The Labute approximate surface area is 633 Å². The van der Waals surface area contributed by atoms with E-state index in [1.54, 1.807) is 40.5 Å². The molecular weight excluding hydrogens is 1460 g/mol. The van der Waals surface area contributed by atoms with Gasteiger partial charge in [-0.1, -0.05) is 106 Å². The molecule has 1 saturated carbocycles. The van der Waals surface area contributed by atoms with Crippen molar-refractivity contribution in [2.24, 2.45) is 28.6 Å². The molecule has 4 unspecified atom stereocenters. The van der Waals surface area contributed by atoms with E-state index < -0.39 is 76.3 Å². The number of hydrogen-bond donors (Lipinski definition) is 4. The fraction of sp³-hybridized carbons (Fsp3) is 0.506. The Morgan fingerprint density at radius 3 is 2.15 bits per heavy atom. The number of thiazole rings is 1. The molecule has 12 rings (SSSR count). The summed E-state index contributed by atoms with van der Waals surface area (Å²) in [6.07, 6.45) is 8.90. The number of benzene rings is 5. The third kappa shape index (κ3) is 18.8. The molecule has 18 nitrogen and oxygen atoms in total. The lowest BCUT2D eigenvalue weighted by Gasteiger charge is -2.38. The number of aliphatic hydroxyl groups excluding tert-OH is 1. The largest absolute Gasteiger partial charge is 0.501 e.